The maximum atomic E-state index is 15.2. The zero-order valence-electron chi connectivity index (χ0n) is 32.9. The zero-order chi connectivity index (χ0) is 41.0. The number of benzene rings is 2. The van der Waals surface area contributed by atoms with Crippen LogP contribution in [-0.2, 0) is 23.7 Å². The van der Waals surface area contributed by atoms with Crippen LogP contribution in [0.4, 0.5) is 37.6 Å². The number of anilines is 5. The van der Waals surface area contributed by atoms with Gasteiger partial charge in [-0.15, -0.1) is 0 Å². The highest BCUT2D eigenvalue weighted by Gasteiger charge is 2.51. The molecule has 4 atom stereocenters. The van der Waals surface area contributed by atoms with Crippen molar-refractivity contribution in [3.05, 3.63) is 63.7 Å². The lowest BCUT2D eigenvalue weighted by Gasteiger charge is -2.55. The molecule has 6 heterocycles. The van der Waals surface area contributed by atoms with Crippen molar-refractivity contribution in [2.24, 2.45) is 31.3 Å². The number of amides is 2. The van der Waals surface area contributed by atoms with E-state index in [-0.39, 0.29) is 40.6 Å². The number of piperidine rings is 1. The quantitative estimate of drug-likeness (QED) is 0.134. The number of pyridine rings is 1. The number of hydrogen-bond donors (Lipinski definition) is 4. The van der Waals surface area contributed by atoms with Gasteiger partial charge < -0.3 is 30.2 Å². The van der Waals surface area contributed by atoms with E-state index in [9.17, 15) is 14.4 Å². The largest absolute Gasteiger partial charge is 0.480 e. The van der Waals surface area contributed by atoms with E-state index in [0.717, 1.165) is 48.9 Å². The Bertz CT molecular complexity index is 2620. The first-order valence-corrected chi connectivity index (χ1v) is 20.7. The number of nitrogens with one attached hydrogen (secondary N) is 4. The summed E-state index contributed by atoms with van der Waals surface area (Å²) in [7, 11) is 3.50. The van der Waals surface area contributed by atoms with Crippen LogP contribution in [0.5, 0.6) is 5.75 Å². The standard InChI is InChI=1S/C42H45ClF2N10O4/c1-21-16-41(14-13-28(21)48-29-6-4-5-24-32(52-54(3)34(24)29)25-10-12-31(56)49-38(25)57)18-55(19-41)40-46-17-27(43)37(51-40)47-23-9-11-30-26(15-23)33-35(39(58)53(30)2)59-20-42(44,45)36(50-33)22-7-8-22/h4-6,9,11,15,17,21-22,25,28,36,48,50H,7-8,10,12-14,16,18-20H2,1-3H3,(H,46,47,51)(H,49,56,57)/t21-,25?,28+,36?/m1/s1. The van der Waals surface area contributed by atoms with Gasteiger partial charge in [-0.05, 0) is 74.6 Å². The second-order valence-electron chi connectivity index (χ2n) is 17.3. The molecule has 4 fully saturated rings. The molecule has 3 aromatic heterocycles. The minimum Gasteiger partial charge on any atom is -0.480 e. The van der Waals surface area contributed by atoms with E-state index in [1.165, 1.54) is 4.57 Å². The number of ether oxygens (including phenoxy) is 1. The molecule has 2 aromatic carbocycles. The normalized spacial score (nSPS) is 24.8. The van der Waals surface area contributed by atoms with Crippen LogP contribution in [0.25, 0.3) is 21.8 Å². The zero-order valence-corrected chi connectivity index (χ0v) is 33.7. The molecule has 17 heteroatoms. The smallest absolute Gasteiger partial charge is 0.301 e. The lowest BCUT2D eigenvalue weighted by molar-refractivity contribution is -0.134. The molecule has 2 amide bonds. The molecule has 0 bridgehead atoms. The van der Waals surface area contributed by atoms with Gasteiger partial charge in [-0.3, -0.25) is 24.4 Å². The highest BCUT2D eigenvalue weighted by Crippen LogP contribution is 2.49. The summed E-state index contributed by atoms with van der Waals surface area (Å²) in [5.74, 6) is -3.09. The van der Waals surface area contributed by atoms with Crippen molar-refractivity contribution < 1.29 is 23.1 Å². The van der Waals surface area contributed by atoms with Gasteiger partial charge in [0.2, 0.25) is 23.5 Å². The number of carbonyl (C=O) groups is 2. The fourth-order valence-corrected chi connectivity index (χ4v) is 10.1. The molecule has 1 spiro atoms. The Morgan fingerprint density at radius 1 is 1.03 bits per heavy atom. The van der Waals surface area contributed by atoms with Crippen molar-refractivity contribution in [1.29, 1.82) is 0 Å². The second kappa shape index (κ2) is 13.8. The predicted octanol–water partition coefficient (Wildman–Crippen LogP) is 6.46. The first kappa shape index (κ1) is 37.7. The number of carbonyl (C=O) groups excluding carboxylic acids is 2. The van der Waals surface area contributed by atoms with Crippen LogP contribution < -0.4 is 36.5 Å². The Labute approximate surface area is 343 Å². The number of nitrogens with zero attached hydrogens (tertiary/aromatic N) is 6. The number of para-hydroxylation sites is 1. The third-order valence-corrected chi connectivity index (χ3v) is 13.4. The molecule has 3 aliphatic heterocycles. The average molecular weight is 827 g/mol. The highest BCUT2D eigenvalue weighted by atomic mass is 35.5. The molecular formula is C42H45ClF2N10O4. The van der Waals surface area contributed by atoms with E-state index >= 15 is 8.78 Å². The number of aromatic nitrogens is 5. The molecule has 5 aromatic rings. The molecule has 0 radical (unpaired) electrons. The van der Waals surface area contributed by atoms with Gasteiger partial charge in [-0.25, -0.2) is 13.8 Å². The Hall–Kier alpha value is -5.51. The number of rotatable bonds is 7. The number of halogens is 3. The van der Waals surface area contributed by atoms with Crippen molar-refractivity contribution in [2.45, 2.75) is 75.8 Å². The molecule has 5 aliphatic rings. The van der Waals surface area contributed by atoms with Crippen molar-refractivity contribution in [2.75, 3.05) is 40.5 Å². The second-order valence-corrected chi connectivity index (χ2v) is 17.7. The lowest BCUT2D eigenvalue weighted by Crippen LogP contribution is -2.60. The van der Waals surface area contributed by atoms with E-state index in [1.54, 1.807) is 31.4 Å². The number of alkyl halides is 2. The molecule has 4 N–H and O–H groups in total. The van der Waals surface area contributed by atoms with E-state index in [4.69, 9.17) is 26.4 Å². The van der Waals surface area contributed by atoms with Gasteiger partial charge in [0.15, 0.2) is 12.4 Å². The third-order valence-electron chi connectivity index (χ3n) is 13.2. The van der Waals surface area contributed by atoms with Crippen LogP contribution in [-0.4, -0.2) is 73.8 Å². The Morgan fingerprint density at radius 3 is 2.61 bits per heavy atom. The minimum absolute atomic E-state index is 0.112. The van der Waals surface area contributed by atoms with Gasteiger partial charge in [0, 0.05) is 61.5 Å². The first-order chi connectivity index (χ1) is 28.3. The van der Waals surface area contributed by atoms with Gasteiger partial charge in [0.1, 0.15) is 5.02 Å². The Morgan fingerprint density at radius 2 is 1.85 bits per heavy atom. The fourth-order valence-electron chi connectivity index (χ4n) is 9.99. The van der Waals surface area contributed by atoms with Crippen LogP contribution in [0.3, 0.4) is 0 Å². The Balaban J connectivity index is 0.831. The molecule has 2 saturated carbocycles. The summed E-state index contributed by atoms with van der Waals surface area (Å²) in [5, 5.41) is 19.2. The number of fused-ring (bicyclic) bond motifs is 4. The predicted molar refractivity (Wildman–Crippen MR) is 221 cm³/mol. The van der Waals surface area contributed by atoms with Gasteiger partial charge in [0.25, 0.3) is 5.56 Å². The van der Waals surface area contributed by atoms with Crippen LogP contribution >= 0.6 is 11.6 Å². The van der Waals surface area contributed by atoms with E-state index in [2.05, 4.69) is 44.1 Å². The molecule has 2 aliphatic carbocycles. The molecule has 308 valence electrons. The summed E-state index contributed by atoms with van der Waals surface area (Å²) < 4.78 is 39.1. The van der Waals surface area contributed by atoms with Crippen molar-refractivity contribution in [1.82, 2.24) is 29.6 Å². The summed E-state index contributed by atoms with van der Waals surface area (Å²) in [5.41, 5.74) is 3.73. The van der Waals surface area contributed by atoms with Crippen molar-refractivity contribution in [3.63, 3.8) is 0 Å². The summed E-state index contributed by atoms with van der Waals surface area (Å²) in [6.45, 7) is 3.05. The van der Waals surface area contributed by atoms with Gasteiger partial charge in [0.05, 0.1) is 46.3 Å². The first-order valence-electron chi connectivity index (χ1n) is 20.3. The van der Waals surface area contributed by atoms with Crippen molar-refractivity contribution in [3.8, 4) is 5.75 Å². The number of imide groups is 1. The minimum atomic E-state index is -3.13. The maximum Gasteiger partial charge on any atom is 0.301 e. The molecule has 14 nitrogen and oxygen atoms in total. The SMILES string of the molecule is C[C@@H]1CC2(CC[C@@H]1Nc1cccc3c(C4CCC(=O)NC4=O)nn(C)c13)CN(c1ncc(Cl)c(Nc3ccc4c(c3)c3c(c(=O)n4C)OCC(F)(F)C(C4CC4)N3)n1)C2. The summed E-state index contributed by atoms with van der Waals surface area (Å²) in [4.78, 5) is 49.3. The highest BCUT2D eigenvalue weighted by molar-refractivity contribution is 6.33. The topological polar surface area (TPSA) is 160 Å². The summed E-state index contributed by atoms with van der Waals surface area (Å²) in [6.07, 6.45) is 6.76. The summed E-state index contributed by atoms with van der Waals surface area (Å²) >= 11 is 6.64. The van der Waals surface area contributed by atoms with E-state index < -0.39 is 30.0 Å². The van der Waals surface area contributed by atoms with Crippen LogP contribution in [0, 0.1) is 17.3 Å². The third kappa shape index (κ3) is 6.50. The van der Waals surface area contributed by atoms with Crippen LogP contribution in [0.2, 0.25) is 5.02 Å². The molecule has 59 heavy (non-hydrogen) atoms. The number of hydrogen-bond acceptors (Lipinski definition) is 11. The van der Waals surface area contributed by atoms with E-state index in [0.29, 0.717) is 70.7 Å². The molecule has 2 unspecified atom stereocenters. The monoisotopic (exact) mass is 826 g/mol. The average Bonchev–Trinajstić information content (AvgIpc) is 3.99. The maximum absolute atomic E-state index is 15.2. The van der Waals surface area contributed by atoms with Crippen molar-refractivity contribution >= 4 is 74.0 Å². The molecule has 10 rings (SSSR count). The van der Waals surface area contributed by atoms with Gasteiger partial charge in [-0.1, -0.05) is 30.7 Å². The van der Waals surface area contributed by atoms with Crippen LogP contribution in [0.15, 0.2) is 47.4 Å². The summed E-state index contributed by atoms with van der Waals surface area (Å²) in [6, 6.07) is 10.5. The lowest BCUT2D eigenvalue weighted by atomic mass is 9.64. The van der Waals surface area contributed by atoms with Crippen LogP contribution in [0.1, 0.15) is 63.5 Å². The Kier molecular flexibility index (Phi) is 8.82. The fraction of sp³-hybridized carbons (Fsp3) is 0.476. The van der Waals surface area contributed by atoms with Gasteiger partial charge >= 0.3 is 5.92 Å². The molecular weight excluding hydrogens is 782 g/mol. The van der Waals surface area contributed by atoms with Gasteiger partial charge in [-0.2, -0.15) is 10.1 Å². The molecule has 2 saturated heterocycles. The number of aryl methyl sites for hydroxylation is 2. The van der Waals surface area contributed by atoms with E-state index in [1.807, 2.05) is 23.9 Å².